The molecule has 138 valence electrons. The Morgan fingerprint density at radius 2 is 1.52 bits per heavy atom. The van der Waals surface area contributed by atoms with Gasteiger partial charge in [0.15, 0.2) is 10.3 Å². The molecule has 1 aliphatic heterocycles. The van der Waals surface area contributed by atoms with Gasteiger partial charge in [0.25, 0.3) is 0 Å². The molecule has 2 aromatic carbocycles. The second-order valence-electron chi connectivity index (χ2n) is 6.41. The van der Waals surface area contributed by atoms with Gasteiger partial charge in [0, 0.05) is 37.3 Å². The standard InChI is InChI=1S/C19H17ClN4OS2/c1-25-13-3-5-16-15(11-13)22-19(26-16)24-8-6-23(7-9-24)18-21-14-4-2-12(20)10-17(14)27-18/h2-5,10-11H,6-9H2,1H3. The number of anilines is 2. The smallest absolute Gasteiger partial charge is 0.186 e. The van der Waals surface area contributed by atoms with E-state index in [1.165, 1.54) is 4.70 Å². The molecule has 0 spiro atoms. The van der Waals surface area contributed by atoms with Gasteiger partial charge >= 0.3 is 0 Å². The number of halogens is 1. The third kappa shape index (κ3) is 3.20. The normalized spacial score (nSPS) is 15.0. The maximum atomic E-state index is 6.10. The highest BCUT2D eigenvalue weighted by molar-refractivity contribution is 7.22. The average Bonchev–Trinajstić information content (AvgIpc) is 3.31. The molecule has 0 atom stereocenters. The summed E-state index contributed by atoms with van der Waals surface area (Å²) in [5.41, 5.74) is 2.02. The van der Waals surface area contributed by atoms with Crippen molar-refractivity contribution in [2.75, 3.05) is 43.1 Å². The minimum Gasteiger partial charge on any atom is -0.497 e. The van der Waals surface area contributed by atoms with Gasteiger partial charge < -0.3 is 14.5 Å². The van der Waals surface area contributed by atoms with Crippen molar-refractivity contribution >= 4 is 65.0 Å². The number of aromatic nitrogens is 2. The first kappa shape index (κ1) is 17.0. The molecule has 5 nitrogen and oxygen atoms in total. The van der Waals surface area contributed by atoms with E-state index in [4.69, 9.17) is 26.3 Å². The van der Waals surface area contributed by atoms with Gasteiger partial charge in [-0.15, -0.1) is 0 Å². The zero-order chi connectivity index (χ0) is 18.4. The van der Waals surface area contributed by atoms with Crippen molar-refractivity contribution in [3.63, 3.8) is 0 Å². The molecule has 0 amide bonds. The van der Waals surface area contributed by atoms with Crippen LogP contribution in [-0.2, 0) is 0 Å². The minimum atomic E-state index is 0.759. The third-order valence-electron chi connectivity index (χ3n) is 4.74. The SMILES string of the molecule is COc1ccc2sc(N3CCN(c4nc5ccc(Cl)cc5s4)CC3)nc2c1. The summed E-state index contributed by atoms with van der Waals surface area (Å²) in [7, 11) is 1.68. The van der Waals surface area contributed by atoms with E-state index < -0.39 is 0 Å². The molecule has 0 aliphatic carbocycles. The van der Waals surface area contributed by atoms with E-state index in [0.29, 0.717) is 0 Å². The molecule has 8 heteroatoms. The molecule has 0 unspecified atom stereocenters. The Balaban J connectivity index is 1.33. The average molecular weight is 417 g/mol. The highest BCUT2D eigenvalue weighted by atomic mass is 35.5. The first-order valence-corrected chi connectivity index (χ1v) is 10.7. The fourth-order valence-corrected chi connectivity index (χ4v) is 5.56. The number of nitrogens with zero attached hydrogens (tertiary/aromatic N) is 4. The molecule has 0 N–H and O–H groups in total. The minimum absolute atomic E-state index is 0.759. The van der Waals surface area contributed by atoms with Crippen LogP contribution in [0.1, 0.15) is 0 Å². The van der Waals surface area contributed by atoms with Crippen molar-refractivity contribution in [3.05, 3.63) is 41.4 Å². The number of rotatable bonds is 3. The predicted octanol–water partition coefficient (Wildman–Crippen LogP) is 4.89. The first-order valence-electron chi connectivity index (χ1n) is 8.70. The van der Waals surface area contributed by atoms with Crippen LogP contribution in [0.2, 0.25) is 5.02 Å². The van der Waals surface area contributed by atoms with Crippen LogP contribution in [-0.4, -0.2) is 43.3 Å². The maximum absolute atomic E-state index is 6.10. The molecule has 2 aromatic heterocycles. The van der Waals surface area contributed by atoms with E-state index in [0.717, 1.165) is 62.9 Å². The van der Waals surface area contributed by atoms with Gasteiger partial charge in [-0.3, -0.25) is 0 Å². The highest BCUT2D eigenvalue weighted by Gasteiger charge is 2.22. The van der Waals surface area contributed by atoms with Crippen LogP contribution in [0.3, 0.4) is 0 Å². The van der Waals surface area contributed by atoms with E-state index in [1.807, 2.05) is 30.3 Å². The summed E-state index contributed by atoms with van der Waals surface area (Å²) in [6.07, 6.45) is 0. The number of thiazole rings is 2. The van der Waals surface area contributed by atoms with Crippen molar-refractivity contribution in [2.45, 2.75) is 0 Å². The number of piperazine rings is 1. The van der Waals surface area contributed by atoms with Crippen molar-refractivity contribution in [1.29, 1.82) is 0 Å². The van der Waals surface area contributed by atoms with Crippen molar-refractivity contribution in [2.24, 2.45) is 0 Å². The van der Waals surface area contributed by atoms with Gasteiger partial charge in [0.05, 0.1) is 27.5 Å². The van der Waals surface area contributed by atoms with Crippen molar-refractivity contribution in [1.82, 2.24) is 9.97 Å². The monoisotopic (exact) mass is 416 g/mol. The molecule has 1 aliphatic rings. The lowest BCUT2D eigenvalue weighted by Gasteiger charge is -2.34. The Labute approximate surface area is 169 Å². The van der Waals surface area contributed by atoms with Crippen LogP contribution >= 0.6 is 34.3 Å². The van der Waals surface area contributed by atoms with Gasteiger partial charge in [-0.2, -0.15) is 0 Å². The molecule has 1 saturated heterocycles. The zero-order valence-corrected chi connectivity index (χ0v) is 17.1. The predicted molar refractivity (Wildman–Crippen MR) is 115 cm³/mol. The number of benzene rings is 2. The molecule has 4 aromatic rings. The molecular formula is C19H17ClN4OS2. The van der Waals surface area contributed by atoms with Crippen LogP contribution in [0, 0.1) is 0 Å². The van der Waals surface area contributed by atoms with E-state index in [-0.39, 0.29) is 0 Å². The lowest BCUT2D eigenvalue weighted by molar-refractivity contribution is 0.415. The number of ether oxygens (including phenoxy) is 1. The fraction of sp³-hybridized carbons (Fsp3) is 0.263. The Hall–Kier alpha value is -2.09. The van der Waals surface area contributed by atoms with Gasteiger partial charge in [0.2, 0.25) is 0 Å². The Morgan fingerprint density at radius 3 is 2.22 bits per heavy atom. The van der Waals surface area contributed by atoms with Crippen LogP contribution < -0.4 is 14.5 Å². The summed E-state index contributed by atoms with van der Waals surface area (Å²) >= 11 is 9.54. The first-order chi connectivity index (χ1) is 13.2. The summed E-state index contributed by atoms with van der Waals surface area (Å²) in [4.78, 5) is 14.3. The second kappa shape index (κ2) is 6.82. The summed E-state index contributed by atoms with van der Waals surface area (Å²) in [5, 5.41) is 2.91. The molecule has 0 bridgehead atoms. The summed E-state index contributed by atoms with van der Waals surface area (Å²) in [5.74, 6) is 0.847. The summed E-state index contributed by atoms with van der Waals surface area (Å²) < 4.78 is 7.63. The van der Waals surface area contributed by atoms with Gasteiger partial charge in [-0.05, 0) is 30.3 Å². The van der Waals surface area contributed by atoms with E-state index in [1.54, 1.807) is 29.8 Å². The van der Waals surface area contributed by atoms with Crippen molar-refractivity contribution < 1.29 is 4.74 Å². The highest BCUT2D eigenvalue weighted by Crippen LogP contribution is 2.34. The summed E-state index contributed by atoms with van der Waals surface area (Å²) in [6, 6.07) is 11.9. The van der Waals surface area contributed by atoms with Gasteiger partial charge in [-0.25, -0.2) is 9.97 Å². The number of hydrogen-bond acceptors (Lipinski definition) is 7. The molecular weight excluding hydrogens is 400 g/mol. The van der Waals surface area contributed by atoms with Gasteiger partial charge in [0.1, 0.15) is 5.75 Å². The quantitative estimate of drug-likeness (QED) is 0.475. The molecule has 3 heterocycles. The zero-order valence-electron chi connectivity index (χ0n) is 14.7. The van der Waals surface area contributed by atoms with E-state index in [2.05, 4.69) is 15.9 Å². The van der Waals surface area contributed by atoms with Crippen LogP contribution in [0.15, 0.2) is 36.4 Å². The van der Waals surface area contributed by atoms with Crippen LogP contribution in [0.25, 0.3) is 20.4 Å². The topological polar surface area (TPSA) is 41.5 Å². The Kier molecular flexibility index (Phi) is 4.30. The second-order valence-corrected chi connectivity index (χ2v) is 8.87. The number of methoxy groups -OCH3 is 1. The lowest BCUT2D eigenvalue weighted by atomic mass is 10.3. The molecule has 0 saturated carbocycles. The van der Waals surface area contributed by atoms with Crippen molar-refractivity contribution in [3.8, 4) is 5.75 Å². The van der Waals surface area contributed by atoms with Crippen LogP contribution in [0.4, 0.5) is 10.3 Å². The maximum Gasteiger partial charge on any atom is 0.186 e. The summed E-state index contributed by atoms with van der Waals surface area (Å²) in [6.45, 7) is 3.75. The number of fused-ring (bicyclic) bond motifs is 2. The molecule has 0 radical (unpaired) electrons. The fourth-order valence-electron chi connectivity index (χ4n) is 3.27. The largest absolute Gasteiger partial charge is 0.497 e. The van der Waals surface area contributed by atoms with Gasteiger partial charge in [-0.1, -0.05) is 34.3 Å². The molecule has 1 fully saturated rings. The Morgan fingerprint density at radius 1 is 0.852 bits per heavy atom. The lowest BCUT2D eigenvalue weighted by Crippen LogP contribution is -2.46. The number of hydrogen-bond donors (Lipinski definition) is 0. The van der Waals surface area contributed by atoms with Crippen LogP contribution in [0.5, 0.6) is 5.75 Å². The van der Waals surface area contributed by atoms with E-state index >= 15 is 0 Å². The third-order valence-corrected chi connectivity index (χ3v) is 7.15. The molecule has 5 rings (SSSR count). The van der Waals surface area contributed by atoms with E-state index in [9.17, 15) is 0 Å². The molecule has 27 heavy (non-hydrogen) atoms. The Bertz CT molecular complexity index is 1120.